The molecule has 0 bridgehead atoms. The van der Waals surface area contributed by atoms with Crippen LogP contribution in [0.15, 0.2) is 24.3 Å². The zero-order chi connectivity index (χ0) is 19.4. The van der Waals surface area contributed by atoms with Crippen LogP contribution in [0.1, 0.15) is 25.6 Å². The van der Waals surface area contributed by atoms with Gasteiger partial charge in [-0.25, -0.2) is 9.18 Å². The minimum Gasteiger partial charge on any atom is -0.456 e. The Labute approximate surface area is 154 Å². The number of nitrogens with two attached hydrogens (primary N) is 1. The number of hydrogen-bond donors (Lipinski definition) is 2. The van der Waals surface area contributed by atoms with Crippen molar-refractivity contribution in [3.8, 4) is 0 Å². The molecule has 27 heavy (non-hydrogen) atoms. The fourth-order valence-corrected chi connectivity index (χ4v) is 2.84. The van der Waals surface area contributed by atoms with Crippen LogP contribution < -0.4 is 11.1 Å². The van der Waals surface area contributed by atoms with Gasteiger partial charge in [0.2, 0.25) is 17.8 Å². The summed E-state index contributed by atoms with van der Waals surface area (Å²) in [5.74, 6) is -0.777. The lowest BCUT2D eigenvalue weighted by Crippen LogP contribution is -2.40. The lowest BCUT2D eigenvalue weighted by atomic mass is 10.2. The maximum Gasteiger partial charge on any atom is 0.329 e. The van der Waals surface area contributed by atoms with E-state index in [9.17, 15) is 14.0 Å². The molecule has 3 rings (SSSR count). The Balaban J connectivity index is 1.65. The van der Waals surface area contributed by atoms with Crippen molar-refractivity contribution in [2.24, 2.45) is 0 Å². The predicted molar refractivity (Wildman–Crippen MR) is 94.1 cm³/mol. The van der Waals surface area contributed by atoms with Gasteiger partial charge in [-0.05, 0) is 37.1 Å². The summed E-state index contributed by atoms with van der Waals surface area (Å²) in [5, 5.41) is 2.87. The highest BCUT2D eigenvalue weighted by Crippen LogP contribution is 2.19. The van der Waals surface area contributed by atoms with Crippen molar-refractivity contribution in [3.05, 3.63) is 35.9 Å². The molecule has 0 aliphatic carbocycles. The van der Waals surface area contributed by atoms with Gasteiger partial charge in [0.1, 0.15) is 11.9 Å². The van der Waals surface area contributed by atoms with Gasteiger partial charge >= 0.3 is 5.97 Å². The third kappa shape index (κ3) is 4.66. The fourth-order valence-electron chi connectivity index (χ4n) is 2.84. The minimum atomic E-state index is -0.585. The first-order chi connectivity index (χ1) is 12.9. The molecule has 142 valence electrons. The van der Waals surface area contributed by atoms with E-state index in [0.717, 1.165) is 6.42 Å². The molecule has 1 atom stereocenters. The summed E-state index contributed by atoms with van der Waals surface area (Å²) >= 11 is 0. The summed E-state index contributed by atoms with van der Waals surface area (Å²) in [6.45, 7) is 1.76. The van der Waals surface area contributed by atoms with Crippen LogP contribution in [0, 0.1) is 5.82 Å². The molecule has 9 nitrogen and oxygen atoms in total. The number of nitrogen functional groups attached to an aromatic ring is 1. The normalized spacial score (nSPS) is 16.2. The quantitative estimate of drug-likeness (QED) is 0.753. The fraction of sp³-hybridized carbons (Fsp3) is 0.353. The van der Waals surface area contributed by atoms with E-state index in [1.807, 2.05) is 0 Å². The third-order valence-corrected chi connectivity index (χ3v) is 4.07. The van der Waals surface area contributed by atoms with E-state index in [-0.39, 0.29) is 36.1 Å². The highest BCUT2D eigenvalue weighted by Gasteiger charge is 2.33. The Morgan fingerprint density at radius 2 is 2.04 bits per heavy atom. The number of anilines is 3. The van der Waals surface area contributed by atoms with Gasteiger partial charge in [-0.2, -0.15) is 15.0 Å². The number of esters is 1. The molecule has 0 unspecified atom stereocenters. The Kier molecular flexibility index (Phi) is 5.43. The van der Waals surface area contributed by atoms with Gasteiger partial charge in [-0.3, -0.25) is 4.79 Å². The molecule has 10 heteroatoms. The average Bonchev–Trinajstić information content (AvgIpc) is 3.11. The van der Waals surface area contributed by atoms with E-state index in [1.165, 1.54) is 36.1 Å². The Hall–Kier alpha value is -3.30. The van der Waals surface area contributed by atoms with Crippen molar-refractivity contribution in [3.63, 3.8) is 0 Å². The number of nitrogens with zero attached hydrogens (tertiary/aromatic N) is 4. The van der Waals surface area contributed by atoms with Crippen LogP contribution in [-0.4, -0.2) is 44.3 Å². The summed E-state index contributed by atoms with van der Waals surface area (Å²) < 4.78 is 18.2. The first kappa shape index (κ1) is 18.5. The van der Waals surface area contributed by atoms with Crippen LogP contribution in [0.3, 0.4) is 0 Å². The third-order valence-electron chi connectivity index (χ3n) is 4.07. The van der Waals surface area contributed by atoms with Crippen LogP contribution in [0.4, 0.5) is 22.0 Å². The highest BCUT2D eigenvalue weighted by molar-refractivity contribution is 5.83. The zero-order valence-corrected chi connectivity index (χ0v) is 14.7. The average molecular weight is 374 g/mol. The number of likely N-dealkylation sites (tertiary alicyclic amines) is 1. The molecule has 1 saturated heterocycles. The first-order valence-corrected chi connectivity index (χ1v) is 8.39. The lowest BCUT2D eigenvalue weighted by molar-refractivity contribution is -0.154. The summed E-state index contributed by atoms with van der Waals surface area (Å²) in [6.07, 6.45) is 1.32. The van der Waals surface area contributed by atoms with Crippen LogP contribution in [0.2, 0.25) is 0 Å². The molecule has 1 aromatic carbocycles. The number of aromatic nitrogens is 3. The zero-order valence-electron chi connectivity index (χ0n) is 14.7. The van der Waals surface area contributed by atoms with E-state index >= 15 is 0 Å². The molecule has 1 fully saturated rings. The van der Waals surface area contributed by atoms with Gasteiger partial charge in [0.15, 0.2) is 12.4 Å². The second kappa shape index (κ2) is 7.94. The van der Waals surface area contributed by atoms with Crippen molar-refractivity contribution >= 4 is 29.5 Å². The molecule has 0 radical (unpaired) electrons. The molecular weight excluding hydrogens is 355 g/mol. The number of hydrogen-bond acceptors (Lipinski definition) is 8. The number of carbonyl (C=O) groups is 2. The van der Waals surface area contributed by atoms with Crippen LogP contribution in [0.25, 0.3) is 0 Å². The van der Waals surface area contributed by atoms with Gasteiger partial charge in [-0.15, -0.1) is 0 Å². The molecular formula is C17H19FN6O3. The second-order valence-electron chi connectivity index (χ2n) is 6.04. The SMILES string of the molecule is CC(=O)N1CCC[C@H]1C(=O)OCc1nc(N)nc(Nc2ccc(F)cc2)n1. The molecule has 1 aliphatic rings. The molecule has 1 aliphatic heterocycles. The standard InChI is InChI=1S/C17H19FN6O3/c1-10(25)24-8-2-3-13(24)15(26)27-9-14-21-16(19)23-17(22-14)20-12-6-4-11(18)5-7-12/h4-7,13H,2-3,8-9H2,1H3,(H3,19,20,21,22,23)/t13-/m0/s1. The molecule has 3 N–H and O–H groups in total. The first-order valence-electron chi connectivity index (χ1n) is 8.39. The molecule has 2 aromatic rings. The topological polar surface area (TPSA) is 123 Å². The summed E-state index contributed by atoms with van der Waals surface area (Å²) in [6, 6.07) is 5.03. The van der Waals surface area contributed by atoms with Gasteiger partial charge in [0.05, 0.1) is 0 Å². The van der Waals surface area contributed by atoms with Crippen molar-refractivity contribution in [2.45, 2.75) is 32.4 Å². The van der Waals surface area contributed by atoms with Crippen LogP contribution in [-0.2, 0) is 20.9 Å². The summed E-state index contributed by atoms with van der Waals surface area (Å²) in [5.41, 5.74) is 6.23. The molecule has 0 spiro atoms. The number of halogens is 1. The Morgan fingerprint density at radius 3 is 2.74 bits per heavy atom. The van der Waals surface area contributed by atoms with Crippen molar-refractivity contribution < 1.29 is 18.7 Å². The maximum absolute atomic E-state index is 13.0. The Bertz CT molecular complexity index is 845. The summed E-state index contributed by atoms with van der Waals surface area (Å²) in [7, 11) is 0. The van der Waals surface area contributed by atoms with Crippen molar-refractivity contribution in [1.82, 2.24) is 19.9 Å². The summed E-state index contributed by atoms with van der Waals surface area (Å²) in [4.78, 5) is 37.3. The number of benzene rings is 1. The Morgan fingerprint density at radius 1 is 1.30 bits per heavy atom. The number of rotatable bonds is 5. The highest BCUT2D eigenvalue weighted by atomic mass is 19.1. The predicted octanol–water partition coefficient (Wildman–Crippen LogP) is 1.39. The molecule has 0 saturated carbocycles. The largest absolute Gasteiger partial charge is 0.456 e. The maximum atomic E-state index is 13.0. The van der Waals surface area contributed by atoms with Gasteiger partial charge in [-0.1, -0.05) is 0 Å². The van der Waals surface area contributed by atoms with Crippen molar-refractivity contribution in [1.29, 1.82) is 0 Å². The second-order valence-corrected chi connectivity index (χ2v) is 6.04. The number of ether oxygens (including phenoxy) is 1. The van der Waals surface area contributed by atoms with E-state index in [0.29, 0.717) is 18.7 Å². The van der Waals surface area contributed by atoms with Crippen LogP contribution in [0.5, 0.6) is 0 Å². The van der Waals surface area contributed by atoms with Gasteiger partial charge in [0.25, 0.3) is 0 Å². The molecule has 1 amide bonds. The smallest absolute Gasteiger partial charge is 0.329 e. The van der Waals surface area contributed by atoms with Gasteiger partial charge in [0, 0.05) is 19.2 Å². The lowest BCUT2D eigenvalue weighted by Gasteiger charge is -2.21. The van der Waals surface area contributed by atoms with Gasteiger partial charge < -0.3 is 20.7 Å². The van der Waals surface area contributed by atoms with E-state index in [1.54, 1.807) is 0 Å². The molecule has 1 aromatic heterocycles. The monoisotopic (exact) mass is 374 g/mol. The minimum absolute atomic E-state index is 0.0492. The van der Waals surface area contributed by atoms with E-state index < -0.39 is 12.0 Å². The number of nitrogens with one attached hydrogen (secondary N) is 1. The van der Waals surface area contributed by atoms with Crippen molar-refractivity contribution in [2.75, 3.05) is 17.6 Å². The van der Waals surface area contributed by atoms with E-state index in [2.05, 4.69) is 20.3 Å². The number of carbonyl (C=O) groups excluding carboxylic acids is 2. The van der Waals surface area contributed by atoms with Crippen LogP contribution >= 0.6 is 0 Å². The number of amides is 1. The molecule has 2 heterocycles. The van der Waals surface area contributed by atoms with E-state index in [4.69, 9.17) is 10.5 Å².